The van der Waals surface area contributed by atoms with Gasteiger partial charge >= 0.3 is 12.3 Å². The van der Waals surface area contributed by atoms with Crippen LogP contribution in [0.15, 0.2) is 72.9 Å². The van der Waals surface area contributed by atoms with Crippen molar-refractivity contribution in [1.82, 2.24) is 24.8 Å². The number of hydrogen-bond acceptors (Lipinski definition) is 8. The van der Waals surface area contributed by atoms with Crippen molar-refractivity contribution in [3.05, 3.63) is 101 Å². The molecule has 3 aromatic heterocycles. The molecular weight excluding hydrogens is 651 g/mol. The smallest absolute Gasteiger partial charge is 0.434 e. The zero-order valence-electron chi connectivity index (χ0n) is 27.9. The SMILES string of the molecule is CCCOc1ccc(C(=O)N2CCC3(CC2)CN(C(=O)OCc2ccccc2)Cc2nc(-c4cccnc4OCC)ccc23)c(C(F)(F)F)n1. The second kappa shape index (κ2) is 14.7. The lowest BCUT2D eigenvalue weighted by Gasteiger charge is -2.48. The number of aromatic nitrogens is 3. The van der Waals surface area contributed by atoms with Gasteiger partial charge in [0.2, 0.25) is 11.8 Å². The highest BCUT2D eigenvalue weighted by Crippen LogP contribution is 2.43. The van der Waals surface area contributed by atoms with Crippen molar-refractivity contribution in [2.45, 2.75) is 57.9 Å². The Bertz CT molecular complexity index is 1830. The largest absolute Gasteiger partial charge is 0.478 e. The van der Waals surface area contributed by atoms with Crippen molar-refractivity contribution in [2.75, 3.05) is 32.8 Å². The third-order valence-corrected chi connectivity index (χ3v) is 9.00. The molecule has 2 aliphatic rings. The monoisotopic (exact) mass is 689 g/mol. The second-order valence-corrected chi connectivity index (χ2v) is 12.3. The van der Waals surface area contributed by atoms with Gasteiger partial charge in [-0.2, -0.15) is 13.2 Å². The normalized spacial score (nSPS) is 15.4. The third kappa shape index (κ3) is 7.36. The quantitative estimate of drug-likeness (QED) is 0.184. The molecule has 50 heavy (non-hydrogen) atoms. The van der Waals surface area contributed by atoms with E-state index in [0.29, 0.717) is 55.2 Å². The first kappa shape index (κ1) is 34.7. The number of carbonyl (C=O) groups is 2. The number of alkyl halides is 3. The Morgan fingerprint density at radius 3 is 2.40 bits per heavy atom. The molecule has 0 bridgehead atoms. The fourth-order valence-corrected chi connectivity index (χ4v) is 6.57. The van der Waals surface area contributed by atoms with E-state index in [2.05, 4.69) is 9.97 Å². The van der Waals surface area contributed by atoms with E-state index >= 15 is 0 Å². The molecule has 1 spiro atoms. The summed E-state index contributed by atoms with van der Waals surface area (Å²) in [5, 5.41) is 0. The molecule has 10 nitrogen and oxygen atoms in total. The number of benzene rings is 1. The van der Waals surface area contributed by atoms with Crippen LogP contribution in [0.4, 0.5) is 18.0 Å². The summed E-state index contributed by atoms with van der Waals surface area (Å²) in [6.45, 7) is 5.24. The van der Waals surface area contributed by atoms with Gasteiger partial charge in [0, 0.05) is 37.3 Å². The summed E-state index contributed by atoms with van der Waals surface area (Å²) in [4.78, 5) is 43.2. The lowest BCUT2D eigenvalue weighted by Crippen LogP contribution is -2.54. The highest BCUT2D eigenvalue weighted by atomic mass is 19.4. The minimum atomic E-state index is -4.85. The zero-order chi connectivity index (χ0) is 35.3. The lowest BCUT2D eigenvalue weighted by molar-refractivity contribution is -0.141. The number of hydrogen-bond donors (Lipinski definition) is 0. The number of nitrogens with zero attached hydrogens (tertiary/aromatic N) is 5. The molecule has 0 atom stereocenters. The fourth-order valence-electron chi connectivity index (χ4n) is 6.57. The highest BCUT2D eigenvalue weighted by molar-refractivity contribution is 5.95. The molecule has 6 rings (SSSR count). The molecule has 1 aromatic carbocycles. The molecule has 5 heterocycles. The summed E-state index contributed by atoms with van der Waals surface area (Å²) in [7, 11) is 0. The van der Waals surface area contributed by atoms with E-state index < -0.39 is 34.8 Å². The maximum atomic E-state index is 14.1. The zero-order valence-corrected chi connectivity index (χ0v) is 27.9. The van der Waals surface area contributed by atoms with E-state index in [1.165, 1.54) is 11.0 Å². The number of halogens is 3. The standard InChI is InChI=1S/C37H38F3N5O5/c1-3-21-49-31-15-12-27(32(43-31)37(38,39)40)34(46)44-19-16-36(17-20-44)24-45(35(47)50-23-25-9-6-5-7-10-25)22-30-28(36)13-14-29(42-30)26-11-8-18-41-33(26)48-4-2/h5-15,18H,3-4,16-17,19-24H2,1-2H3. The predicted octanol–water partition coefficient (Wildman–Crippen LogP) is 7.07. The molecule has 4 aromatic rings. The van der Waals surface area contributed by atoms with Gasteiger partial charge < -0.3 is 24.0 Å². The van der Waals surface area contributed by atoms with Gasteiger partial charge in [0.1, 0.15) is 6.61 Å². The van der Waals surface area contributed by atoms with E-state index in [1.807, 2.05) is 62.4 Å². The van der Waals surface area contributed by atoms with Crippen LogP contribution in [0.2, 0.25) is 0 Å². The van der Waals surface area contributed by atoms with E-state index in [1.54, 1.807) is 17.2 Å². The number of ether oxygens (including phenoxy) is 3. The van der Waals surface area contributed by atoms with E-state index in [-0.39, 0.29) is 38.7 Å². The van der Waals surface area contributed by atoms with Crippen LogP contribution in [0.3, 0.4) is 0 Å². The van der Waals surface area contributed by atoms with Gasteiger partial charge in [-0.25, -0.2) is 14.8 Å². The average Bonchev–Trinajstić information content (AvgIpc) is 3.13. The maximum Gasteiger partial charge on any atom is 0.434 e. The van der Waals surface area contributed by atoms with E-state index in [9.17, 15) is 22.8 Å². The van der Waals surface area contributed by atoms with Crippen LogP contribution in [0, 0.1) is 0 Å². The summed E-state index contributed by atoms with van der Waals surface area (Å²) < 4.78 is 59.0. The maximum absolute atomic E-state index is 14.1. The molecule has 0 saturated carbocycles. The molecule has 0 N–H and O–H groups in total. The Balaban J connectivity index is 1.28. The molecule has 1 saturated heterocycles. The van der Waals surface area contributed by atoms with Crippen LogP contribution < -0.4 is 9.47 Å². The molecule has 0 radical (unpaired) electrons. The van der Waals surface area contributed by atoms with Gasteiger partial charge in [-0.05, 0) is 61.6 Å². The Labute approximate surface area is 288 Å². The van der Waals surface area contributed by atoms with Crippen LogP contribution in [-0.2, 0) is 29.5 Å². The van der Waals surface area contributed by atoms with Crippen molar-refractivity contribution < 1.29 is 37.0 Å². The van der Waals surface area contributed by atoms with Gasteiger partial charge in [0.25, 0.3) is 5.91 Å². The Hall–Kier alpha value is -5.20. The molecule has 2 aliphatic heterocycles. The van der Waals surface area contributed by atoms with E-state index in [0.717, 1.165) is 17.2 Å². The van der Waals surface area contributed by atoms with Gasteiger partial charge in [0.05, 0.1) is 42.3 Å². The minimum Gasteiger partial charge on any atom is -0.478 e. The van der Waals surface area contributed by atoms with Crippen molar-refractivity contribution in [2.24, 2.45) is 0 Å². The number of piperidine rings is 1. The molecular formula is C37H38F3N5O5. The molecule has 2 amide bonds. The molecule has 1 fully saturated rings. The van der Waals surface area contributed by atoms with Crippen molar-refractivity contribution in [1.29, 1.82) is 0 Å². The Kier molecular flexibility index (Phi) is 10.2. The van der Waals surface area contributed by atoms with E-state index in [4.69, 9.17) is 19.2 Å². The number of carbonyl (C=O) groups excluding carboxylic acids is 2. The third-order valence-electron chi connectivity index (χ3n) is 9.00. The molecule has 0 unspecified atom stereocenters. The number of fused-ring (bicyclic) bond motifs is 2. The minimum absolute atomic E-state index is 0.0943. The number of rotatable bonds is 9. The summed E-state index contributed by atoms with van der Waals surface area (Å²) in [5.41, 5.74) is 1.35. The predicted molar refractivity (Wildman–Crippen MR) is 178 cm³/mol. The lowest BCUT2D eigenvalue weighted by atomic mass is 9.69. The average molecular weight is 690 g/mol. The molecule has 262 valence electrons. The van der Waals surface area contributed by atoms with Gasteiger partial charge in [-0.15, -0.1) is 0 Å². The van der Waals surface area contributed by atoms with Crippen LogP contribution in [0.5, 0.6) is 11.8 Å². The van der Waals surface area contributed by atoms with Crippen LogP contribution >= 0.6 is 0 Å². The Morgan fingerprint density at radius 2 is 1.68 bits per heavy atom. The number of pyridine rings is 3. The highest BCUT2D eigenvalue weighted by Gasteiger charge is 2.46. The van der Waals surface area contributed by atoms with Crippen molar-refractivity contribution in [3.8, 4) is 23.0 Å². The van der Waals surface area contributed by atoms with Crippen LogP contribution in [0.1, 0.15) is 66.0 Å². The van der Waals surface area contributed by atoms with Crippen molar-refractivity contribution in [3.63, 3.8) is 0 Å². The first-order valence-corrected chi connectivity index (χ1v) is 16.7. The van der Waals surface area contributed by atoms with Crippen LogP contribution in [-0.4, -0.2) is 69.6 Å². The van der Waals surface area contributed by atoms with Gasteiger partial charge in [-0.3, -0.25) is 9.78 Å². The number of amides is 2. The van der Waals surface area contributed by atoms with Gasteiger partial charge in [0.15, 0.2) is 5.69 Å². The van der Waals surface area contributed by atoms with Crippen molar-refractivity contribution >= 4 is 12.0 Å². The summed E-state index contributed by atoms with van der Waals surface area (Å²) in [6, 6.07) is 19.3. The summed E-state index contributed by atoms with van der Waals surface area (Å²) >= 11 is 0. The Morgan fingerprint density at radius 1 is 0.900 bits per heavy atom. The fraction of sp³-hybridized carbons (Fsp3) is 0.378. The number of likely N-dealkylation sites (tertiary alicyclic amines) is 1. The second-order valence-electron chi connectivity index (χ2n) is 12.3. The first-order chi connectivity index (χ1) is 24.1. The summed E-state index contributed by atoms with van der Waals surface area (Å²) in [6.07, 6.45) is -2.34. The van der Waals surface area contributed by atoms with Gasteiger partial charge in [-0.1, -0.05) is 43.3 Å². The molecule has 13 heteroatoms. The summed E-state index contributed by atoms with van der Waals surface area (Å²) in [5.74, 6) is -0.500. The first-order valence-electron chi connectivity index (χ1n) is 16.7. The topological polar surface area (TPSA) is 107 Å². The molecule has 0 aliphatic carbocycles. The van der Waals surface area contributed by atoms with Crippen LogP contribution in [0.25, 0.3) is 11.3 Å².